The Morgan fingerprint density at radius 3 is 2.79 bits per heavy atom. The number of benzene rings is 2. The van der Waals surface area contributed by atoms with Gasteiger partial charge in [0.1, 0.15) is 5.82 Å². The molecule has 0 aliphatic carbocycles. The van der Waals surface area contributed by atoms with E-state index in [-0.39, 0.29) is 33.5 Å². The van der Waals surface area contributed by atoms with Crippen LogP contribution in [-0.2, 0) is 11.3 Å². The van der Waals surface area contributed by atoms with Crippen LogP contribution in [0.25, 0.3) is 6.08 Å². The van der Waals surface area contributed by atoms with Crippen molar-refractivity contribution in [3.05, 3.63) is 61.7 Å². The summed E-state index contributed by atoms with van der Waals surface area (Å²) in [4.78, 5) is 26.1. The van der Waals surface area contributed by atoms with Gasteiger partial charge in [0.15, 0.2) is 11.5 Å². The van der Waals surface area contributed by atoms with Crippen molar-refractivity contribution in [1.82, 2.24) is 4.90 Å². The van der Waals surface area contributed by atoms with E-state index >= 15 is 0 Å². The summed E-state index contributed by atoms with van der Waals surface area (Å²) in [5.74, 6) is -0.933. The average Bonchev–Trinajstić information content (AvgIpc) is 2.89. The van der Waals surface area contributed by atoms with Gasteiger partial charge in [-0.3, -0.25) is 14.5 Å². The van der Waals surface area contributed by atoms with E-state index in [1.807, 2.05) is 0 Å². The lowest BCUT2D eigenvalue weighted by molar-refractivity contribution is -0.123. The number of nitrogens with zero attached hydrogens (tertiary/aromatic N) is 1. The van der Waals surface area contributed by atoms with Crippen LogP contribution in [0.15, 0.2) is 39.7 Å². The third kappa shape index (κ3) is 4.19. The van der Waals surface area contributed by atoms with E-state index in [2.05, 4.69) is 15.9 Å². The lowest BCUT2D eigenvalue weighted by atomic mass is 10.1. The van der Waals surface area contributed by atoms with Gasteiger partial charge in [0, 0.05) is 10.6 Å². The van der Waals surface area contributed by atoms with Gasteiger partial charge in [-0.1, -0.05) is 17.7 Å². The van der Waals surface area contributed by atoms with Crippen molar-refractivity contribution in [3.8, 4) is 11.5 Å². The monoisotopic (exact) mass is 485 g/mol. The summed E-state index contributed by atoms with van der Waals surface area (Å²) in [5.41, 5.74) is 0.640. The number of phenols is 1. The van der Waals surface area contributed by atoms with Crippen LogP contribution in [0.5, 0.6) is 11.5 Å². The Hall–Kier alpha value is -2.03. The second-order valence-corrected chi connectivity index (χ2v) is 8.01. The first-order chi connectivity index (χ1) is 13.3. The van der Waals surface area contributed by atoms with Crippen LogP contribution in [0, 0.1) is 5.82 Å². The summed E-state index contributed by atoms with van der Waals surface area (Å²) in [5, 5.41) is 9.62. The smallest absolute Gasteiger partial charge is 0.293 e. The molecular formula is C19H14BrClFNO4S. The summed E-state index contributed by atoms with van der Waals surface area (Å²) in [6, 6.07) is 7.33. The number of ether oxygens (including phenoxy) is 1. The molecule has 0 bridgehead atoms. The molecule has 3 rings (SSSR count). The number of imide groups is 1. The van der Waals surface area contributed by atoms with Crippen LogP contribution in [-0.4, -0.2) is 27.8 Å². The molecule has 146 valence electrons. The maximum atomic E-state index is 14.0. The molecule has 1 saturated heterocycles. The zero-order chi connectivity index (χ0) is 20.4. The second kappa shape index (κ2) is 8.55. The summed E-state index contributed by atoms with van der Waals surface area (Å²) >= 11 is 9.98. The third-order valence-corrected chi connectivity index (χ3v) is 5.77. The van der Waals surface area contributed by atoms with Crippen molar-refractivity contribution in [1.29, 1.82) is 0 Å². The quantitative estimate of drug-likeness (QED) is 0.559. The number of amides is 2. The largest absolute Gasteiger partial charge is 0.503 e. The fourth-order valence-electron chi connectivity index (χ4n) is 2.57. The van der Waals surface area contributed by atoms with Crippen molar-refractivity contribution >= 4 is 56.5 Å². The topological polar surface area (TPSA) is 66.8 Å². The van der Waals surface area contributed by atoms with E-state index in [1.165, 1.54) is 24.3 Å². The maximum Gasteiger partial charge on any atom is 0.293 e. The minimum Gasteiger partial charge on any atom is -0.503 e. The van der Waals surface area contributed by atoms with Gasteiger partial charge >= 0.3 is 0 Å². The lowest BCUT2D eigenvalue weighted by Gasteiger charge is -2.14. The van der Waals surface area contributed by atoms with Gasteiger partial charge in [0.25, 0.3) is 11.1 Å². The van der Waals surface area contributed by atoms with E-state index in [4.69, 9.17) is 16.3 Å². The van der Waals surface area contributed by atoms with Crippen molar-refractivity contribution in [2.24, 2.45) is 0 Å². The van der Waals surface area contributed by atoms with Crippen LogP contribution < -0.4 is 4.74 Å². The molecule has 2 aromatic rings. The van der Waals surface area contributed by atoms with Crippen LogP contribution in [0.2, 0.25) is 5.02 Å². The molecule has 2 aromatic carbocycles. The highest BCUT2D eigenvalue weighted by atomic mass is 79.9. The van der Waals surface area contributed by atoms with E-state index in [1.54, 1.807) is 19.1 Å². The fraction of sp³-hybridized carbons (Fsp3) is 0.158. The zero-order valence-corrected chi connectivity index (χ0v) is 17.7. The Morgan fingerprint density at radius 1 is 1.36 bits per heavy atom. The molecule has 0 saturated carbocycles. The molecule has 0 aromatic heterocycles. The first-order valence-electron chi connectivity index (χ1n) is 8.15. The zero-order valence-electron chi connectivity index (χ0n) is 14.5. The van der Waals surface area contributed by atoms with Gasteiger partial charge in [-0.05, 0) is 70.5 Å². The number of carbonyl (C=O) groups is 2. The minimum absolute atomic E-state index is 0.0544. The number of carbonyl (C=O) groups excluding carboxylic acids is 2. The van der Waals surface area contributed by atoms with E-state index < -0.39 is 17.0 Å². The van der Waals surface area contributed by atoms with Gasteiger partial charge < -0.3 is 9.84 Å². The van der Waals surface area contributed by atoms with Crippen molar-refractivity contribution < 1.29 is 23.8 Å². The SMILES string of the molecule is CCOc1cc(/C=C2\SC(=O)N(Cc3c(F)cccc3Cl)C2=O)cc(Br)c1O. The molecule has 0 atom stereocenters. The molecule has 1 heterocycles. The number of aromatic hydroxyl groups is 1. The molecule has 1 N–H and O–H groups in total. The normalized spacial score (nSPS) is 15.6. The van der Waals surface area contributed by atoms with Gasteiger partial charge in [-0.2, -0.15) is 0 Å². The lowest BCUT2D eigenvalue weighted by Crippen LogP contribution is -2.28. The first kappa shape index (κ1) is 20.7. The van der Waals surface area contributed by atoms with Crippen LogP contribution in [0.1, 0.15) is 18.1 Å². The average molecular weight is 487 g/mol. The Morgan fingerprint density at radius 2 is 2.11 bits per heavy atom. The Kier molecular flexibility index (Phi) is 6.32. The first-order valence-corrected chi connectivity index (χ1v) is 10.1. The van der Waals surface area contributed by atoms with Crippen molar-refractivity contribution in [3.63, 3.8) is 0 Å². The molecule has 1 aliphatic rings. The van der Waals surface area contributed by atoms with Gasteiger partial charge in [0.05, 0.1) is 22.5 Å². The number of phenolic OH excluding ortho intramolecular Hbond substituents is 1. The molecule has 1 aliphatic heterocycles. The summed E-state index contributed by atoms with van der Waals surface area (Å²) in [6.45, 7) is 1.87. The number of hydrogen-bond donors (Lipinski definition) is 1. The standard InChI is InChI=1S/C19H14BrClFNO4S/c1-2-27-15-7-10(6-12(20)17(15)24)8-16-18(25)23(19(26)28-16)9-11-13(21)4-3-5-14(11)22/h3-8,24H,2,9H2,1H3/b16-8-. The summed E-state index contributed by atoms with van der Waals surface area (Å²) in [6.07, 6.45) is 1.51. The van der Waals surface area contributed by atoms with Crippen molar-refractivity contribution in [2.45, 2.75) is 13.5 Å². The summed E-state index contributed by atoms with van der Waals surface area (Å²) in [7, 11) is 0. The second-order valence-electron chi connectivity index (χ2n) is 5.75. The molecule has 1 fully saturated rings. The van der Waals surface area contributed by atoms with Crippen LogP contribution in [0.4, 0.5) is 9.18 Å². The third-order valence-electron chi connectivity index (χ3n) is 3.90. The number of thioether (sulfide) groups is 1. The molecular weight excluding hydrogens is 473 g/mol. The van der Waals surface area contributed by atoms with E-state index in [9.17, 15) is 19.1 Å². The number of hydrogen-bond acceptors (Lipinski definition) is 5. The highest BCUT2D eigenvalue weighted by molar-refractivity contribution is 9.10. The Labute approximate surface area is 178 Å². The molecule has 0 unspecified atom stereocenters. The highest BCUT2D eigenvalue weighted by Crippen LogP contribution is 2.39. The van der Waals surface area contributed by atoms with Crippen LogP contribution in [0.3, 0.4) is 0 Å². The minimum atomic E-state index is -0.584. The Bertz CT molecular complexity index is 978. The maximum absolute atomic E-state index is 14.0. The van der Waals surface area contributed by atoms with Gasteiger partial charge in [-0.15, -0.1) is 0 Å². The molecule has 2 amide bonds. The molecule has 0 spiro atoms. The van der Waals surface area contributed by atoms with E-state index in [0.29, 0.717) is 16.6 Å². The van der Waals surface area contributed by atoms with Gasteiger partial charge in [-0.25, -0.2) is 4.39 Å². The fourth-order valence-corrected chi connectivity index (χ4v) is 4.09. The predicted molar refractivity (Wildman–Crippen MR) is 110 cm³/mol. The highest BCUT2D eigenvalue weighted by Gasteiger charge is 2.36. The van der Waals surface area contributed by atoms with Crippen molar-refractivity contribution in [2.75, 3.05) is 6.61 Å². The molecule has 28 heavy (non-hydrogen) atoms. The van der Waals surface area contributed by atoms with Crippen LogP contribution >= 0.6 is 39.3 Å². The molecule has 5 nitrogen and oxygen atoms in total. The Balaban J connectivity index is 1.89. The number of rotatable bonds is 5. The number of halogens is 3. The predicted octanol–water partition coefficient (Wildman–Crippen LogP) is 5.58. The molecule has 0 radical (unpaired) electrons. The molecule has 9 heteroatoms. The van der Waals surface area contributed by atoms with E-state index in [0.717, 1.165) is 16.7 Å². The van der Waals surface area contributed by atoms with Gasteiger partial charge in [0.2, 0.25) is 0 Å². The summed E-state index contributed by atoms with van der Waals surface area (Å²) < 4.78 is 19.8.